The van der Waals surface area contributed by atoms with E-state index < -0.39 is 23.7 Å². The van der Waals surface area contributed by atoms with E-state index in [1.807, 2.05) is 5.32 Å². The standard InChI is InChI=1S/C18H17ClF3N3O3/c1-3-28-16(27)17(18(20,21)22,24-14-9-8-11(2)10-23-14)25-15(26)12-6-4-5-7-13(12)19/h4-10H,3H2,1-2H3,(H,23,24)(H,25,26)/t17-/m0/s1. The molecular formula is C18H17ClF3N3O3. The van der Waals surface area contributed by atoms with Gasteiger partial charge in [-0.1, -0.05) is 29.8 Å². The predicted molar refractivity (Wildman–Crippen MR) is 96.9 cm³/mol. The van der Waals surface area contributed by atoms with Gasteiger partial charge in [0.1, 0.15) is 5.82 Å². The number of aromatic nitrogens is 1. The first kappa shape index (κ1) is 21.5. The molecule has 2 aromatic rings. The number of benzene rings is 1. The fourth-order valence-corrected chi connectivity index (χ4v) is 2.47. The second kappa shape index (κ2) is 8.47. The molecule has 0 spiro atoms. The Morgan fingerprint density at radius 2 is 1.86 bits per heavy atom. The van der Waals surface area contributed by atoms with E-state index in [1.54, 1.807) is 12.2 Å². The van der Waals surface area contributed by atoms with Crippen molar-refractivity contribution in [2.24, 2.45) is 0 Å². The zero-order valence-corrected chi connectivity index (χ0v) is 15.7. The molecule has 0 aliphatic rings. The Kier molecular flexibility index (Phi) is 6.50. The van der Waals surface area contributed by atoms with Crippen LogP contribution in [0.1, 0.15) is 22.8 Å². The highest BCUT2D eigenvalue weighted by Gasteiger charge is 2.64. The summed E-state index contributed by atoms with van der Waals surface area (Å²) in [6.07, 6.45) is -3.95. The van der Waals surface area contributed by atoms with Gasteiger partial charge in [0.15, 0.2) is 0 Å². The topological polar surface area (TPSA) is 80.3 Å². The summed E-state index contributed by atoms with van der Waals surface area (Å²) in [5.74, 6) is -3.23. The van der Waals surface area contributed by atoms with Crippen molar-refractivity contribution in [1.29, 1.82) is 0 Å². The highest BCUT2D eigenvalue weighted by molar-refractivity contribution is 6.33. The van der Waals surface area contributed by atoms with Gasteiger partial charge < -0.3 is 15.4 Å². The van der Waals surface area contributed by atoms with Crippen molar-refractivity contribution >= 4 is 29.3 Å². The summed E-state index contributed by atoms with van der Waals surface area (Å²) in [6, 6.07) is 8.25. The molecular weight excluding hydrogens is 399 g/mol. The van der Waals surface area contributed by atoms with Gasteiger partial charge in [0.25, 0.3) is 5.91 Å². The molecule has 1 amide bonds. The minimum absolute atomic E-state index is 0.0756. The lowest BCUT2D eigenvalue weighted by Gasteiger charge is -2.35. The van der Waals surface area contributed by atoms with Crippen LogP contribution in [0.4, 0.5) is 19.0 Å². The largest absolute Gasteiger partial charge is 0.463 e. The second-order valence-electron chi connectivity index (χ2n) is 5.75. The Hall–Kier alpha value is -2.81. The molecule has 0 radical (unpaired) electrons. The number of carbonyl (C=O) groups is 2. The molecule has 2 rings (SSSR count). The number of anilines is 1. The molecule has 150 valence electrons. The predicted octanol–water partition coefficient (Wildman–Crippen LogP) is 3.71. The first-order valence-corrected chi connectivity index (χ1v) is 8.50. The quantitative estimate of drug-likeness (QED) is 0.555. The number of aryl methyl sites for hydroxylation is 1. The van der Waals surface area contributed by atoms with Crippen LogP contribution in [0, 0.1) is 6.92 Å². The number of esters is 1. The molecule has 0 bridgehead atoms. The maximum atomic E-state index is 14.1. The van der Waals surface area contributed by atoms with Gasteiger partial charge in [-0.25, -0.2) is 9.78 Å². The van der Waals surface area contributed by atoms with Crippen LogP contribution in [0.3, 0.4) is 0 Å². The Balaban J connectivity index is 2.52. The summed E-state index contributed by atoms with van der Waals surface area (Å²) in [6.45, 7) is 2.71. The Morgan fingerprint density at radius 3 is 2.39 bits per heavy atom. The number of ether oxygens (including phenoxy) is 1. The van der Waals surface area contributed by atoms with Crippen LogP contribution in [0.25, 0.3) is 0 Å². The zero-order valence-electron chi connectivity index (χ0n) is 14.9. The number of rotatable bonds is 6. The molecule has 28 heavy (non-hydrogen) atoms. The number of alkyl halides is 3. The van der Waals surface area contributed by atoms with E-state index in [-0.39, 0.29) is 23.0 Å². The van der Waals surface area contributed by atoms with E-state index in [4.69, 9.17) is 11.6 Å². The van der Waals surface area contributed by atoms with E-state index >= 15 is 0 Å². The molecule has 1 aromatic heterocycles. The Morgan fingerprint density at radius 1 is 1.18 bits per heavy atom. The zero-order chi connectivity index (χ0) is 20.9. The molecule has 0 unspecified atom stereocenters. The molecule has 0 saturated heterocycles. The third-order valence-corrected chi connectivity index (χ3v) is 3.98. The number of carbonyl (C=O) groups excluding carboxylic acids is 2. The lowest BCUT2D eigenvalue weighted by Crippen LogP contribution is -2.69. The van der Waals surface area contributed by atoms with Crippen molar-refractivity contribution in [2.75, 3.05) is 11.9 Å². The van der Waals surface area contributed by atoms with Crippen LogP contribution in [-0.4, -0.2) is 35.3 Å². The number of halogens is 4. The van der Waals surface area contributed by atoms with Gasteiger partial charge in [-0.15, -0.1) is 0 Å². The average Bonchev–Trinajstić information content (AvgIpc) is 2.62. The third-order valence-electron chi connectivity index (χ3n) is 3.65. The van der Waals surface area contributed by atoms with E-state index in [0.717, 1.165) is 0 Å². The number of nitrogens with one attached hydrogen (secondary N) is 2. The summed E-state index contributed by atoms with van der Waals surface area (Å²) >= 11 is 5.89. The van der Waals surface area contributed by atoms with Gasteiger partial charge in [0.05, 0.1) is 17.2 Å². The molecule has 0 aliphatic heterocycles. The van der Waals surface area contributed by atoms with Crippen LogP contribution < -0.4 is 10.6 Å². The highest BCUT2D eigenvalue weighted by Crippen LogP contribution is 2.33. The van der Waals surface area contributed by atoms with Crippen molar-refractivity contribution < 1.29 is 27.5 Å². The SMILES string of the molecule is CCOC(=O)[C@@](NC(=O)c1ccccc1Cl)(Nc1ccc(C)cn1)C(F)(F)F. The summed E-state index contributed by atoms with van der Waals surface area (Å²) in [4.78, 5) is 28.7. The van der Waals surface area contributed by atoms with Crippen LogP contribution in [0.15, 0.2) is 42.6 Å². The third kappa shape index (κ3) is 4.53. The molecule has 0 saturated carbocycles. The van der Waals surface area contributed by atoms with Gasteiger partial charge in [0, 0.05) is 6.20 Å². The normalized spacial score (nSPS) is 13.4. The van der Waals surface area contributed by atoms with Crippen molar-refractivity contribution in [3.63, 3.8) is 0 Å². The Bertz CT molecular complexity index is 859. The molecule has 1 atom stereocenters. The highest BCUT2D eigenvalue weighted by atomic mass is 35.5. The number of amides is 1. The number of pyridine rings is 1. The molecule has 0 fully saturated rings. The first-order valence-electron chi connectivity index (χ1n) is 8.12. The first-order chi connectivity index (χ1) is 13.1. The van der Waals surface area contributed by atoms with Crippen molar-refractivity contribution in [3.8, 4) is 0 Å². The fraction of sp³-hybridized carbons (Fsp3) is 0.278. The lowest BCUT2D eigenvalue weighted by atomic mass is 10.1. The summed E-state index contributed by atoms with van der Waals surface area (Å²) in [7, 11) is 0. The Labute approximate surface area is 164 Å². The lowest BCUT2D eigenvalue weighted by molar-refractivity contribution is -0.204. The van der Waals surface area contributed by atoms with E-state index in [1.165, 1.54) is 49.5 Å². The molecule has 1 heterocycles. The number of hydrogen-bond donors (Lipinski definition) is 2. The fourth-order valence-electron chi connectivity index (χ4n) is 2.25. The monoisotopic (exact) mass is 415 g/mol. The van der Waals surface area contributed by atoms with Crippen LogP contribution in [0.5, 0.6) is 0 Å². The second-order valence-corrected chi connectivity index (χ2v) is 6.16. The number of hydrogen-bond acceptors (Lipinski definition) is 5. The van der Waals surface area contributed by atoms with Gasteiger partial charge >= 0.3 is 17.8 Å². The van der Waals surface area contributed by atoms with Crippen LogP contribution >= 0.6 is 11.6 Å². The minimum Gasteiger partial charge on any atom is -0.463 e. The summed E-state index contributed by atoms with van der Waals surface area (Å²) < 4.78 is 46.8. The van der Waals surface area contributed by atoms with Crippen LogP contribution in [0.2, 0.25) is 5.02 Å². The number of nitrogens with zero attached hydrogens (tertiary/aromatic N) is 1. The van der Waals surface area contributed by atoms with Gasteiger partial charge in [-0.2, -0.15) is 13.2 Å². The molecule has 6 nitrogen and oxygen atoms in total. The van der Waals surface area contributed by atoms with Crippen LogP contribution in [-0.2, 0) is 9.53 Å². The maximum Gasteiger partial charge on any atom is 0.441 e. The van der Waals surface area contributed by atoms with Gasteiger partial charge in [-0.05, 0) is 37.6 Å². The maximum absolute atomic E-state index is 14.1. The average molecular weight is 416 g/mol. The van der Waals surface area contributed by atoms with E-state index in [0.29, 0.717) is 5.56 Å². The van der Waals surface area contributed by atoms with E-state index in [9.17, 15) is 22.8 Å². The molecule has 1 aromatic carbocycles. The van der Waals surface area contributed by atoms with E-state index in [2.05, 4.69) is 9.72 Å². The minimum atomic E-state index is -5.26. The van der Waals surface area contributed by atoms with Crippen molar-refractivity contribution in [2.45, 2.75) is 25.7 Å². The molecule has 0 aliphatic carbocycles. The summed E-state index contributed by atoms with van der Waals surface area (Å²) in [5, 5.41) is 3.60. The smallest absolute Gasteiger partial charge is 0.441 e. The van der Waals surface area contributed by atoms with Crippen molar-refractivity contribution in [3.05, 3.63) is 58.7 Å². The molecule has 10 heteroatoms. The summed E-state index contributed by atoms with van der Waals surface area (Å²) in [5.41, 5.74) is -3.11. The van der Waals surface area contributed by atoms with Crippen molar-refractivity contribution in [1.82, 2.24) is 10.3 Å². The van der Waals surface area contributed by atoms with Gasteiger partial charge in [0.2, 0.25) is 0 Å². The molecule has 2 N–H and O–H groups in total. The van der Waals surface area contributed by atoms with Gasteiger partial charge in [-0.3, -0.25) is 4.79 Å².